The van der Waals surface area contributed by atoms with Crippen molar-refractivity contribution in [3.05, 3.63) is 47.0 Å². The van der Waals surface area contributed by atoms with Gasteiger partial charge in [0.25, 0.3) is 10.0 Å². The zero-order valence-electron chi connectivity index (χ0n) is 16.2. The quantitative estimate of drug-likeness (QED) is 0.764. The van der Waals surface area contributed by atoms with Gasteiger partial charge in [-0.2, -0.15) is 0 Å². The molecular formula is C21H23ClN2O4S. The Kier molecular flexibility index (Phi) is 5.44. The highest BCUT2D eigenvalue weighted by Crippen LogP contribution is 2.36. The molecule has 1 heterocycles. The van der Waals surface area contributed by atoms with E-state index in [0.717, 1.165) is 43.4 Å². The molecule has 154 valence electrons. The van der Waals surface area contributed by atoms with Crippen molar-refractivity contribution >= 4 is 38.9 Å². The monoisotopic (exact) mass is 434 g/mol. The van der Waals surface area contributed by atoms with Crippen molar-refractivity contribution < 1.29 is 17.9 Å². The van der Waals surface area contributed by atoms with Crippen molar-refractivity contribution in [1.29, 1.82) is 0 Å². The molecule has 0 saturated heterocycles. The van der Waals surface area contributed by atoms with E-state index in [-0.39, 0.29) is 22.5 Å². The second-order valence-corrected chi connectivity index (χ2v) is 9.55. The lowest BCUT2D eigenvalue weighted by Crippen LogP contribution is -2.33. The summed E-state index contributed by atoms with van der Waals surface area (Å²) < 4.78 is 33.6. The Morgan fingerprint density at radius 3 is 2.66 bits per heavy atom. The van der Waals surface area contributed by atoms with Crippen LogP contribution in [-0.4, -0.2) is 28.0 Å². The van der Waals surface area contributed by atoms with E-state index in [0.29, 0.717) is 17.3 Å². The molecule has 6 nitrogen and oxygen atoms in total. The van der Waals surface area contributed by atoms with Gasteiger partial charge in [0.15, 0.2) is 0 Å². The van der Waals surface area contributed by atoms with Gasteiger partial charge >= 0.3 is 0 Å². The molecule has 0 atom stereocenters. The summed E-state index contributed by atoms with van der Waals surface area (Å²) in [5, 5.41) is 0.300. The van der Waals surface area contributed by atoms with Gasteiger partial charge < -0.3 is 9.64 Å². The van der Waals surface area contributed by atoms with Crippen LogP contribution in [0.2, 0.25) is 5.02 Å². The number of nitrogens with zero attached hydrogens (tertiary/aromatic N) is 1. The number of anilines is 2. The number of hydrogen-bond acceptors (Lipinski definition) is 4. The molecule has 2 aliphatic rings. The number of amides is 1. The summed E-state index contributed by atoms with van der Waals surface area (Å²) in [6, 6.07) is 9.78. The molecule has 1 fully saturated rings. The van der Waals surface area contributed by atoms with Crippen LogP contribution >= 0.6 is 11.6 Å². The van der Waals surface area contributed by atoms with Gasteiger partial charge in [-0.25, -0.2) is 8.42 Å². The average Bonchev–Trinajstić information content (AvgIpc) is 3.37. The minimum absolute atomic E-state index is 0.0353. The Balaban J connectivity index is 1.62. The predicted molar refractivity (Wildman–Crippen MR) is 113 cm³/mol. The van der Waals surface area contributed by atoms with Gasteiger partial charge in [-0.1, -0.05) is 30.5 Å². The molecule has 0 spiro atoms. The van der Waals surface area contributed by atoms with E-state index in [9.17, 15) is 13.2 Å². The van der Waals surface area contributed by atoms with Crippen LogP contribution in [0.3, 0.4) is 0 Å². The fourth-order valence-corrected chi connectivity index (χ4v) is 5.62. The van der Waals surface area contributed by atoms with E-state index in [1.807, 2.05) is 11.0 Å². The van der Waals surface area contributed by atoms with Crippen molar-refractivity contribution in [2.45, 2.75) is 37.0 Å². The SMILES string of the molecule is COc1ccc(Cl)cc1S(=O)(=O)Nc1ccc2c(c1)N(C(=O)C1CCCC1)CC2. The number of ether oxygens (including phenoxy) is 1. The number of rotatable bonds is 5. The Hall–Kier alpha value is -2.25. The van der Waals surface area contributed by atoms with E-state index in [1.54, 1.807) is 18.2 Å². The first-order valence-corrected chi connectivity index (χ1v) is 11.6. The van der Waals surface area contributed by atoms with Gasteiger partial charge in [-0.05, 0) is 55.2 Å². The Labute approximate surface area is 175 Å². The number of hydrogen-bond donors (Lipinski definition) is 1. The Morgan fingerprint density at radius 1 is 1.17 bits per heavy atom. The minimum Gasteiger partial charge on any atom is -0.495 e. The highest BCUT2D eigenvalue weighted by molar-refractivity contribution is 7.92. The summed E-state index contributed by atoms with van der Waals surface area (Å²) in [6.07, 6.45) is 4.84. The molecule has 1 aliphatic carbocycles. The second-order valence-electron chi connectivity index (χ2n) is 7.47. The van der Waals surface area contributed by atoms with E-state index in [1.165, 1.54) is 19.2 Å². The minimum atomic E-state index is -3.91. The number of sulfonamides is 1. The molecule has 0 unspecified atom stereocenters. The lowest BCUT2D eigenvalue weighted by Gasteiger charge is -2.22. The highest BCUT2D eigenvalue weighted by atomic mass is 35.5. The number of nitrogens with one attached hydrogen (secondary N) is 1. The molecule has 2 aromatic carbocycles. The van der Waals surface area contributed by atoms with Crippen LogP contribution in [0.15, 0.2) is 41.3 Å². The van der Waals surface area contributed by atoms with Crippen LogP contribution < -0.4 is 14.4 Å². The van der Waals surface area contributed by atoms with Crippen molar-refractivity contribution in [1.82, 2.24) is 0 Å². The number of carbonyl (C=O) groups excluding carboxylic acids is 1. The summed E-state index contributed by atoms with van der Waals surface area (Å²) >= 11 is 5.98. The van der Waals surface area contributed by atoms with Crippen LogP contribution in [0.4, 0.5) is 11.4 Å². The van der Waals surface area contributed by atoms with Crippen molar-refractivity contribution in [3.63, 3.8) is 0 Å². The summed E-state index contributed by atoms with van der Waals surface area (Å²) in [7, 11) is -2.51. The number of fused-ring (bicyclic) bond motifs is 1. The molecule has 0 aromatic heterocycles. The standard InChI is InChI=1S/C21H23ClN2O4S/c1-28-19-9-7-16(22)12-20(19)29(26,27)23-17-8-6-14-10-11-24(18(14)13-17)21(25)15-4-2-3-5-15/h6-9,12-13,15,23H,2-5,10-11H2,1H3. The summed E-state index contributed by atoms with van der Waals surface area (Å²) in [5.74, 6) is 0.441. The van der Waals surface area contributed by atoms with Crippen molar-refractivity contribution in [2.75, 3.05) is 23.3 Å². The zero-order valence-corrected chi connectivity index (χ0v) is 17.7. The van der Waals surface area contributed by atoms with E-state index in [2.05, 4.69) is 4.72 Å². The van der Waals surface area contributed by atoms with Gasteiger partial charge in [-0.3, -0.25) is 9.52 Å². The third-order valence-electron chi connectivity index (χ3n) is 5.62. The van der Waals surface area contributed by atoms with Crippen LogP contribution in [0.1, 0.15) is 31.2 Å². The van der Waals surface area contributed by atoms with Crippen LogP contribution in [0, 0.1) is 5.92 Å². The summed E-state index contributed by atoms with van der Waals surface area (Å²) in [5.41, 5.74) is 2.25. The highest BCUT2D eigenvalue weighted by Gasteiger charge is 2.32. The molecule has 29 heavy (non-hydrogen) atoms. The second kappa shape index (κ2) is 7.88. The average molecular weight is 435 g/mol. The smallest absolute Gasteiger partial charge is 0.265 e. The molecule has 4 rings (SSSR count). The first kappa shape index (κ1) is 20.0. The maximum Gasteiger partial charge on any atom is 0.265 e. The first-order valence-electron chi connectivity index (χ1n) is 9.70. The molecule has 8 heteroatoms. The van der Waals surface area contributed by atoms with Gasteiger partial charge in [0.05, 0.1) is 12.8 Å². The van der Waals surface area contributed by atoms with E-state index >= 15 is 0 Å². The lowest BCUT2D eigenvalue weighted by atomic mass is 10.1. The number of methoxy groups -OCH3 is 1. The van der Waals surface area contributed by atoms with E-state index < -0.39 is 10.0 Å². The van der Waals surface area contributed by atoms with Gasteiger partial charge in [0.2, 0.25) is 5.91 Å². The topological polar surface area (TPSA) is 75.7 Å². The van der Waals surface area contributed by atoms with Crippen LogP contribution in [0.5, 0.6) is 5.75 Å². The molecule has 0 radical (unpaired) electrons. The third-order valence-corrected chi connectivity index (χ3v) is 7.26. The maximum atomic E-state index is 12.9. The zero-order chi connectivity index (χ0) is 20.6. The summed E-state index contributed by atoms with van der Waals surface area (Å²) in [4.78, 5) is 14.7. The largest absolute Gasteiger partial charge is 0.495 e. The number of halogens is 1. The van der Waals surface area contributed by atoms with E-state index in [4.69, 9.17) is 16.3 Å². The third kappa shape index (κ3) is 3.94. The Morgan fingerprint density at radius 2 is 1.93 bits per heavy atom. The fraction of sp³-hybridized carbons (Fsp3) is 0.381. The number of benzene rings is 2. The van der Waals surface area contributed by atoms with Crippen LogP contribution in [0.25, 0.3) is 0 Å². The van der Waals surface area contributed by atoms with Crippen molar-refractivity contribution in [2.24, 2.45) is 5.92 Å². The van der Waals surface area contributed by atoms with Crippen molar-refractivity contribution in [3.8, 4) is 5.75 Å². The molecule has 0 bridgehead atoms. The lowest BCUT2D eigenvalue weighted by molar-refractivity contribution is -0.122. The maximum absolute atomic E-state index is 12.9. The predicted octanol–water partition coefficient (Wildman–Crippen LogP) is 4.23. The summed E-state index contributed by atoms with van der Waals surface area (Å²) in [6.45, 7) is 0.642. The normalized spacial score (nSPS) is 16.7. The molecular weight excluding hydrogens is 412 g/mol. The fourth-order valence-electron chi connectivity index (χ4n) is 4.14. The molecule has 2 aromatic rings. The van der Waals surface area contributed by atoms with Gasteiger partial charge in [-0.15, -0.1) is 0 Å². The molecule has 1 amide bonds. The van der Waals surface area contributed by atoms with Gasteiger partial charge in [0, 0.05) is 23.2 Å². The van der Waals surface area contributed by atoms with Crippen LogP contribution in [-0.2, 0) is 21.2 Å². The number of carbonyl (C=O) groups is 1. The Bertz CT molecular complexity index is 1050. The molecule has 1 saturated carbocycles. The molecule has 1 N–H and O–H groups in total. The van der Waals surface area contributed by atoms with Gasteiger partial charge in [0.1, 0.15) is 10.6 Å². The molecule has 1 aliphatic heterocycles. The first-order chi connectivity index (χ1) is 13.9.